The first-order chi connectivity index (χ1) is 61.0. The molecular formula is C116H76S8. The Kier molecular flexibility index (Phi) is 19.5. The van der Waals surface area contributed by atoms with Crippen LogP contribution in [0, 0.1) is 27.7 Å². The summed E-state index contributed by atoms with van der Waals surface area (Å²) in [6.07, 6.45) is 0. The van der Waals surface area contributed by atoms with E-state index >= 15 is 0 Å². The largest absolute Gasteiger partial charge is 0.140 e. The van der Waals surface area contributed by atoms with E-state index in [9.17, 15) is 0 Å². The van der Waals surface area contributed by atoms with Gasteiger partial charge in [-0.3, -0.25) is 0 Å². The fourth-order valence-electron chi connectivity index (χ4n) is 18.6. The predicted octanol–water partition coefficient (Wildman–Crippen LogP) is 38.0. The van der Waals surface area contributed by atoms with Crippen molar-refractivity contribution in [1.29, 1.82) is 0 Å². The van der Waals surface area contributed by atoms with Crippen LogP contribution in [0.15, 0.2) is 388 Å². The van der Waals surface area contributed by atoms with Gasteiger partial charge in [0.1, 0.15) is 0 Å². The summed E-state index contributed by atoms with van der Waals surface area (Å²) in [5.41, 5.74) is 15.5. The van der Waals surface area contributed by atoms with Crippen LogP contribution in [-0.2, 0) is 0 Å². The summed E-state index contributed by atoms with van der Waals surface area (Å²) in [6.45, 7) is 8.75. The zero-order chi connectivity index (χ0) is 82.6. The first-order valence-electron chi connectivity index (χ1n) is 41.9. The van der Waals surface area contributed by atoms with Crippen LogP contribution in [0.3, 0.4) is 0 Å². The molecule has 0 aliphatic rings. The van der Waals surface area contributed by atoms with Crippen molar-refractivity contribution in [2.45, 2.75) is 27.7 Å². The van der Waals surface area contributed by atoms with Crippen LogP contribution < -0.4 is 0 Å². The standard InChI is InChI=1S/C41H26S2.C33H22S2.2C21H14S2/c1-25-20-38-39(42-25)24-37(43-38)30-18-19-35-36(23-30)41(32-17-15-27-9-3-5-11-29(27)22-32)34-13-7-6-12-33(34)40(35)31-16-14-26-8-2-4-10-28(26)21-31;1-21-18-30-31(34-21)20-29(35-30)24-16-17-27-28(19-24)33(23-12-6-3-7-13-23)26-15-9-8-14-25(26)32(27)22-10-4-2-5-11-22;1-13-10-18-19(22-13)12-20(23-18)21-16-8-4-2-6-14(16)11-15-7-3-5-9-17(15)21;1-13-8-20-21(22-13)12-19(23-20)17-7-6-16-9-14-4-2-3-5-15(14)10-18(16)11-17/h2-24H,1H3;2-20H,1H3;2*2-12H,1H3. The third-order valence-corrected chi connectivity index (χ3v) is 33.1. The van der Waals surface area contributed by atoms with E-state index in [1.807, 2.05) is 90.7 Å². The molecule has 124 heavy (non-hydrogen) atoms. The summed E-state index contributed by atoms with van der Waals surface area (Å²) < 4.78 is 11.1. The van der Waals surface area contributed by atoms with Crippen molar-refractivity contribution in [3.05, 3.63) is 408 Å². The van der Waals surface area contributed by atoms with Crippen LogP contribution in [0.5, 0.6) is 0 Å². The molecule has 26 rings (SSSR count). The van der Waals surface area contributed by atoms with Gasteiger partial charge in [-0.2, -0.15) is 0 Å². The van der Waals surface area contributed by atoms with Gasteiger partial charge < -0.3 is 0 Å². The first kappa shape index (κ1) is 76.1. The van der Waals surface area contributed by atoms with E-state index in [0.29, 0.717) is 0 Å². The molecular weight excluding hydrogens is 1650 g/mol. The lowest BCUT2D eigenvalue weighted by Gasteiger charge is -2.19. The fraction of sp³-hybridized carbons (Fsp3) is 0.0345. The van der Waals surface area contributed by atoms with Gasteiger partial charge in [0.2, 0.25) is 0 Å². The van der Waals surface area contributed by atoms with Gasteiger partial charge in [-0.25, -0.2) is 0 Å². The molecule has 0 nitrogen and oxygen atoms in total. The predicted molar refractivity (Wildman–Crippen MR) is 556 cm³/mol. The highest BCUT2D eigenvalue weighted by molar-refractivity contribution is 7.31. The summed E-state index contributed by atoms with van der Waals surface area (Å²) in [6, 6.07) is 143. The number of aryl methyl sites for hydroxylation is 4. The molecule has 0 saturated heterocycles. The zero-order valence-electron chi connectivity index (χ0n) is 68.2. The average molecular weight is 1730 g/mol. The van der Waals surface area contributed by atoms with Gasteiger partial charge in [0, 0.05) is 82.2 Å². The summed E-state index contributed by atoms with van der Waals surface area (Å²) >= 11 is 15.1. The van der Waals surface area contributed by atoms with E-state index < -0.39 is 0 Å². The average Bonchev–Trinajstić information content (AvgIpc) is 0.745. The van der Waals surface area contributed by atoms with E-state index in [1.54, 1.807) is 0 Å². The third-order valence-electron chi connectivity index (χ3n) is 24.1. The molecule has 0 bridgehead atoms. The Morgan fingerprint density at radius 3 is 0.790 bits per heavy atom. The van der Waals surface area contributed by atoms with Crippen molar-refractivity contribution in [3.8, 4) is 86.3 Å². The minimum atomic E-state index is 1.25. The van der Waals surface area contributed by atoms with Gasteiger partial charge in [0.15, 0.2) is 0 Å². The van der Waals surface area contributed by atoms with Crippen LogP contribution >= 0.6 is 90.7 Å². The van der Waals surface area contributed by atoms with E-state index in [2.05, 4.69) is 416 Å². The van der Waals surface area contributed by atoms with Crippen molar-refractivity contribution in [1.82, 2.24) is 0 Å². The molecule has 8 heteroatoms. The minimum Gasteiger partial charge on any atom is -0.140 e. The second-order valence-corrected chi connectivity index (χ2v) is 41.7. The Morgan fingerprint density at radius 1 is 0.129 bits per heavy atom. The second kappa shape index (κ2) is 31.8. The molecule has 0 aliphatic carbocycles. The molecule has 0 spiro atoms. The molecule has 0 unspecified atom stereocenters. The highest BCUT2D eigenvalue weighted by Crippen LogP contribution is 2.52. The van der Waals surface area contributed by atoms with Crippen LogP contribution in [0.2, 0.25) is 0 Å². The molecule has 0 atom stereocenters. The molecule has 8 heterocycles. The molecule has 0 amide bonds. The molecule has 0 fully saturated rings. The van der Waals surface area contributed by atoms with Crippen molar-refractivity contribution in [2.75, 3.05) is 0 Å². The van der Waals surface area contributed by atoms with Crippen molar-refractivity contribution >= 4 is 236 Å². The lowest BCUT2D eigenvalue weighted by atomic mass is 9.84. The lowest BCUT2D eigenvalue weighted by molar-refractivity contribution is 1.65. The molecule has 0 radical (unpaired) electrons. The summed E-state index contributed by atoms with van der Waals surface area (Å²) in [5.74, 6) is 0. The normalized spacial score (nSPS) is 11.7. The van der Waals surface area contributed by atoms with Gasteiger partial charge in [-0.15, -0.1) is 90.7 Å². The first-order valence-corrected chi connectivity index (χ1v) is 48.5. The van der Waals surface area contributed by atoms with Crippen LogP contribution in [-0.4, -0.2) is 0 Å². The molecule has 0 saturated carbocycles. The number of hydrogen-bond donors (Lipinski definition) is 0. The van der Waals surface area contributed by atoms with Gasteiger partial charge in [0.25, 0.3) is 0 Å². The topological polar surface area (TPSA) is 0 Å². The Hall–Kier alpha value is -12.8. The van der Waals surface area contributed by atoms with Gasteiger partial charge >= 0.3 is 0 Å². The lowest BCUT2D eigenvalue weighted by Crippen LogP contribution is -1.92. The Balaban J connectivity index is 0.0000000989. The number of fused-ring (bicyclic) bond motifs is 14. The maximum atomic E-state index is 2.44. The maximum Gasteiger partial charge on any atom is 0.0459 e. The number of thiophene rings is 8. The Morgan fingerprint density at radius 2 is 0.379 bits per heavy atom. The quantitative estimate of drug-likeness (QED) is 0.133. The minimum absolute atomic E-state index is 1.25. The molecule has 18 aromatic carbocycles. The van der Waals surface area contributed by atoms with E-state index in [-0.39, 0.29) is 0 Å². The highest BCUT2D eigenvalue weighted by atomic mass is 32.1. The molecule has 0 N–H and O–H groups in total. The molecule has 26 aromatic rings. The Bertz CT molecular complexity index is 8500. The van der Waals surface area contributed by atoms with Gasteiger partial charge in [0.05, 0.1) is 0 Å². The summed E-state index contributed by atoms with van der Waals surface area (Å²) in [5, 5.41) is 26.0. The van der Waals surface area contributed by atoms with E-state index in [1.165, 1.54) is 251 Å². The molecule has 8 aromatic heterocycles. The van der Waals surface area contributed by atoms with Crippen LogP contribution in [0.1, 0.15) is 19.5 Å². The summed E-state index contributed by atoms with van der Waals surface area (Å²) in [7, 11) is 0. The van der Waals surface area contributed by atoms with Crippen molar-refractivity contribution < 1.29 is 0 Å². The van der Waals surface area contributed by atoms with Gasteiger partial charge in [-0.1, -0.05) is 291 Å². The van der Waals surface area contributed by atoms with E-state index in [0.717, 1.165) is 0 Å². The van der Waals surface area contributed by atoms with Crippen molar-refractivity contribution in [2.24, 2.45) is 0 Å². The van der Waals surface area contributed by atoms with Crippen LogP contribution in [0.25, 0.3) is 232 Å². The molecule has 0 aliphatic heterocycles. The van der Waals surface area contributed by atoms with Crippen molar-refractivity contribution in [3.63, 3.8) is 0 Å². The molecule has 588 valence electrons. The third kappa shape index (κ3) is 14.1. The van der Waals surface area contributed by atoms with Crippen LogP contribution in [0.4, 0.5) is 0 Å². The van der Waals surface area contributed by atoms with E-state index in [4.69, 9.17) is 0 Å². The monoisotopic (exact) mass is 1720 g/mol. The number of benzene rings is 18. The SMILES string of the molecule is Cc1cc2sc(-c3c4ccccc4cc4ccccc34)cc2s1.Cc1cc2sc(-c3ccc4c(-c5ccc6ccccc6c5)c5ccccc5c(-c5ccc6ccccc6c5)c4c3)cc2s1.Cc1cc2sc(-c3ccc4c(-c5ccccc5)c5ccccc5c(-c5ccccc5)c4c3)cc2s1.Cc1cc2sc(-c3ccc4cc5ccccc5cc4c3)cc2s1. The number of hydrogen-bond acceptors (Lipinski definition) is 8. The second-order valence-electron chi connectivity index (χ2n) is 32.2. The zero-order valence-corrected chi connectivity index (χ0v) is 74.7. The highest BCUT2D eigenvalue weighted by Gasteiger charge is 2.23. The maximum absolute atomic E-state index is 2.44. The number of rotatable bonds is 8. The smallest absolute Gasteiger partial charge is 0.0459 e. The summed E-state index contributed by atoms with van der Waals surface area (Å²) in [4.78, 5) is 10.9. The van der Waals surface area contributed by atoms with Gasteiger partial charge in [-0.05, 0) is 294 Å². The fourth-order valence-corrected chi connectivity index (χ4v) is 27.9. The Labute approximate surface area is 750 Å².